The number of hydrogen-bond acceptors (Lipinski definition) is 7. The molecule has 146 valence electrons. The number of anilines is 2. The van der Waals surface area contributed by atoms with E-state index in [0.717, 1.165) is 11.1 Å². The number of carbonyl (C=O) groups is 2. The monoisotopic (exact) mass is 418 g/mol. The van der Waals surface area contributed by atoms with E-state index in [-0.39, 0.29) is 18.4 Å². The predicted molar refractivity (Wildman–Crippen MR) is 111 cm³/mol. The number of nitrogens with zero attached hydrogens (tertiary/aromatic N) is 2. The SMILES string of the molecule is CCOC(=O)c1sc2ncnc(NCC(=O)Nc3cccc(Cl)c3C)c2c1C. The zero-order valence-corrected chi connectivity index (χ0v) is 17.2. The minimum atomic E-state index is -0.386. The van der Waals surface area contributed by atoms with Gasteiger partial charge in [-0.15, -0.1) is 11.3 Å². The van der Waals surface area contributed by atoms with Crippen LogP contribution in [0.3, 0.4) is 0 Å². The van der Waals surface area contributed by atoms with Crippen molar-refractivity contribution in [2.24, 2.45) is 0 Å². The molecule has 2 aromatic heterocycles. The van der Waals surface area contributed by atoms with Crippen LogP contribution in [-0.2, 0) is 9.53 Å². The largest absolute Gasteiger partial charge is 0.462 e. The van der Waals surface area contributed by atoms with Crippen LogP contribution in [0.15, 0.2) is 24.5 Å². The van der Waals surface area contributed by atoms with Gasteiger partial charge in [0.05, 0.1) is 18.5 Å². The summed E-state index contributed by atoms with van der Waals surface area (Å²) < 4.78 is 5.09. The van der Waals surface area contributed by atoms with Gasteiger partial charge in [-0.25, -0.2) is 14.8 Å². The number of nitrogens with one attached hydrogen (secondary N) is 2. The van der Waals surface area contributed by atoms with Crippen LogP contribution in [0.1, 0.15) is 27.7 Å². The molecule has 0 saturated heterocycles. The summed E-state index contributed by atoms with van der Waals surface area (Å²) in [7, 11) is 0. The van der Waals surface area contributed by atoms with Crippen molar-refractivity contribution in [3.05, 3.63) is 45.6 Å². The lowest BCUT2D eigenvalue weighted by Gasteiger charge is -2.11. The summed E-state index contributed by atoms with van der Waals surface area (Å²) in [5.41, 5.74) is 2.19. The van der Waals surface area contributed by atoms with Gasteiger partial charge in [-0.1, -0.05) is 17.7 Å². The first-order chi connectivity index (χ1) is 13.4. The van der Waals surface area contributed by atoms with Crippen LogP contribution in [0.2, 0.25) is 5.02 Å². The molecule has 28 heavy (non-hydrogen) atoms. The Morgan fingerprint density at radius 3 is 2.75 bits per heavy atom. The first kappa shape index (κ1) is 20.0. The maximum Gasteiger partial charge on any atom is 0.348 e. The average Bonchev–Trinajstić information content (AvgIpc) is 3.01. The number of thiophene rings is 1. The quantitative estimate of drug-likeness (QED) is 0.583. The van der Waals surface area contributed by atoms with Crippen molar-refractivity contribution >= 4 is 56.5 Å². The van der Waals surface area contributed by atoms with Gasteiger partial charge in [0.25, 0.3) is 0 Å². The van der Waals surface area contributed by atoms with E-state index in [1.54, 1.807) is 25.1 Å². The first-order valence-electron chi connectivity index (χ1n) is 8.62. The van der Waals surface area contributed by atoms with Crippen LogP contribution in [0.4, 0.5) is 11.5 Å². The molecule has 7 nitrogen and oxygen atoms in total. The first-order valence-corrected chi connectivity index (χ1v) is 9.81. The highest BCUT2D eigenvalue weighted by Gasteiger charge is 2.20. The van der Waals surface area contributed by atoms with Crippen molar-refractivity contribution < 1.29 is 14.3 Å². The number of ether oxygens (including phenoxy) is 1. The van der Waals surface area contributed by atoms with Gasteiger partial charge < -0.3 is 15.4 Å². The number of aryl methyl sites for hydroxylation is 1. The van der Waals surface area contributed by atoms with Crippen LogP contribution in [0, 0.1) is 13.8 Å². The van der Waals surface area contributed by atoms with Crippen LogP contribution in [-0.4, -0.2) is 35.0 Å². The summed E-state index contributed by atoms with van der Waals surface area (Å²) in [5.74, 6) is -0.133. The topological polar surface area (TPSA) is 93.2 Å². The van der Waals surface area contributed by atoms with Crippen molar-refractivity contribution in [3.8, 4) is 0 Å². The molecule has 0 saturated carbocycles. The lowest BCUT2D eigenvalue weighted by Crippen LogP contribution is -2.22. The summed E-state index contributed by atoms with van der Waals surface area (Å²) in [4.78, 5) is 34.1. The van der Waals surface area contributed by atoms with Gasteiger partial charge in [0, 0.05) is 10.7 Å². The number of halogens is 1. The van der Waals surface area contributed by atoms with Gasteiger partial charge in [-0.3, -0.25) is 4.79 Å². The molecule has 0 radical (unpaired) electrons. The number of amides is 1. The Kier molecular flexibility index (Phi) is 6.11. The summed E-state index contributed by atoms with van der Waals surface area (Å²) in [5, 5.41) is 7.15. The van der Waals surface area contributed by atoms with E-state index < -0.39 is 0 Å². The Bertz CT molecular complexity index is 1050. The maximum absolute atomic E-state index is 12.3. The smallest absolute Gasteiger partial charge is 0.348 e. The van der Waals surface area contributed by atoms with Crippen molar-refractivity contribution in [2.45, 2.75) is 20.8 Å². The Hall–Kier alpha value is -2.71. The molecular formula is C19H19ClN4O3S. The number of fused-ring (bicyclic) bond motifs is 1. The van der Waals surface area contributed by atoms with Crippen LogP contribution < -0.4 is 10.6 Å². The zero-order chi connectivity index (χ0) is 20.3. The number of aromatic nitrogens is 2. The molecule has 3 rings (SSSR count). The van der Waals surface area contributed by atoms with E-state index in [1.807, 2.05) is 13.8 Å². The molecule has 0 aliphatic carbocycles. The second-order valence-electron chi connectivity index (χ2n) is 5.99. The van der Waals surface area contributed by atoms with Crippen molar-refractivity contribution in [1.82, 2.24) is 9.97 Å². The van der Waals surface area contributed by atoms with Gasteiger partial charge in [-0.05, 0) is 44.0 Å². The molecule has 0 bridgehead atoms. The molecule has 0 unspecified atom stereocenters. The Balaban J connectivity index is 1.78. The van der Waals surface area contributed by atoms with E-state index in [9.17, 15) is 9.59 Å². The summed E-state index contributed by atoms with van der Waals surface area (Å²) in [6, 6.07) is 5.33. The Labute approximate surface area is 171 Å². The van der Waals surface area contributed by atoms with Crippen LogP contribution >= 0.6 is 22.9 Å². The number of hydrogen-bond donors (Lipinski definition) is 2. The van der Waals surface area contributed by atoms with E-state index in [2.05, 4.69) is 20.6 Å². The fourth-order valence-corrected chi connectivity index (χ4v) is 3.92. The summed E-state index contributed by atoms with van der Waals surface area (Å²) in [6.45, 7) is 5.71. The van der Waals surface area contributed by atoms with Gasteiger partial charge in [0.2, 0.25) is 5.91 Å². The molecule has 0 aliphatic rings. The fourth-order valence-electron chi connectivity index (χ4n) is 2.70. The molecule has 0 aliphatic heterocycles. The lowest BCUT2D eigenvalue weighted by atomic mass is 10.2. The highest BCUT2D eigenvalue weighted by Crippen LogP contribution is 2.33. The zero-order valence-electron chi connectivity index (χ0n) is 15.6. The minimum absolute atomic E-state index is 0.00208. The van der Waals surface area contributed by atoms with E-state index in [4.69, 9.17) is 16.3 Å². The Morgan fingerprint density at radius 2 is 2.00 bits per heavy atom. The molecule has 1 aromatic carbocycles. The normalized spacial score (nSPS) is 10.7. The fraction of sp³-hybridized carbons (Fsp3) is 0.263. The van der Waals surface area contributed by atoms with E-state index >= 15 is 0 Å². The molecule has 0 spiro atoms. The van der Waals surface area contributed by atoms with Crippen molar-refractivity contribution in [3.63, 3.8) is 0 Å². The van der Waals surface area contributed by atoms with E-state index in [1.165, 1.54) is 17.7 Å². The maximum atomic E-state index is 12.3. The second kappa shape index (κ2) is 8.53. The van der Waals surface area contributed by atoms with Gasteiger partial charge >= 0.3 is 5.97 Å². The van der Waals surface area contributed by atoms with Crippen LogP contribution in [0.5, 0.6) is 0 Å². The van der Waals surface area contributed by atoms with E-state index in [0.29, 0.717) is 38.2 Å². The molecule has 2 heterocycles. The second-order valence-corrected chi connectivity index (χ2v) is 7.40. The Morgan fingerprint density at radius 1 is 1.21 bits per heavy atom. The highest BCUT2D eigenvalue weighted by atomic mass is 35.5. The van der Waals surface area contributed by atoms with Gasteiger partial charge in [-0.2, -0.15) is 0 Å². The third-order valence-corrected chi connectivity index (χ3v) is 5.74. The molecular weight excluding hydrogens is 400 g/mol. The van der Waals surface area contributed by atoms with Crippen molar-refractivity contribution in [2.75, 3.05) is 23.8 Å². The standard InChI is InChI=1S/C19H19ClN4O3S/c1-4-27-19(26)16-11(3)15-17(22-9-23-18(15)28-16)21-8-14(25)24-13-7-5-6-12(20)10(13)2/h5-7,9H,4,8H2,1-3H3,(H,24,25)(H,21,22,23). The third kappa shape index (κ3) is 4.07. The lowest BCUT2D eigenvalue weighted by molar-refractivity contribution is -0.114. The van der Waals surface area contributed by atoms with Gasteiger partial charge in [0.15, 0.2) is 0 Å². The van der Waals surface area contributed by atoms with Crippen LogP contribution in [0.25, 0.3) is 10.2 Å². The number of rotatable bonds is 6. The van der Waals surface area contributed by atoms with Gasteiger partial charge in [0.1, 0.15) is 21.9 Å². The molecule has 2 N–H and O–H groups in total. The third-order valence-electron chi connectivity index (χ3n) is 4.15. The minimum Gasteiger partial charge on any atom is -0.462 e. The van der Waals surface area contributed by atoms with Crippen molar-refractivity contribution in [1.29, 1.82) is 0 Å². The molecule has 3 aromatic rings. The molecule has 0 fully saturated rings. The average molecular weight is 419 g/mol. The molecule has 1 amide bonds. The predicted octanol–water partition coefficient (Wildman–Crippen LogP) is 4.19. The molecule has 9 heteroatoms. The summed E-state index contributed by atoms with van der Waals surface area (Å²) in [6.07, 6.45) is 1.40. The number of esters is 1. The molecule has 0 atom stereocenters. The summed E-state index contributed by atoms with van der Waals surface area (Å²) >= 11 is 7.33. The number of benzene rings is 1. The number of carbonyl (C=O) groups excluding carboxylic acids is 2. The highest BCUT2D eigenvalue weighted by molar-refractivity contribution is 7.20.